The van der Waals surface area contributed by atoms with Crippen LogP contribution in [0.15, 0.2) is 36.4 Å². The fourth-order valence-corrected chi connectivity index (χ4v) is 2.36. The summed E-state index contributed by atoms with van der Waals surface area (Å²) in [4.78, 5) is 0. The Labute approximate surface area is 122 Å². The van der Waals surface area contributed by atoms with Crippen molar-refractivity contribution in [1.82, 2.24) is 0 Å². The van der Waals surface area contributed by atoms with Crippen LogP contribution in [0.25, 0.3) is 0 Å². The summed E-state index contributed by atoms with van der Waals surface area (Å²) in [5.74, 6) is 1.57. The Morgan fingerprint density at radius 2 is 1.76 bits per heavy atom. The number of fused-ring (bicyclic) bond motifs is 1. The first kappa shape index (κ1) is 13.4. The van der Waals surface area contributed by atoms with Crippen LogP contribution in [0.1, 0.15) is 18.5 Å². The van der Waals surface area contributed by atoms with Crippen LogP contribution in [-0.4, -0.2) is 23.4 Å². The summed E-state index contributed by atoms with van der Waals surface area (Å²) in [6.45, 7) is 3.05. The minimum absolute atomic E-state index is 0.0442. The van der Waals surface area contributed by atoms with Gasteiger partial charge in [0.15, 0.2) is 11.5 Å². The molecule has 3 rings (SSSR count). The standard InChI is InChI=1S/C16H17NO4/c1-10(13-4-3-12(18)9-14(13)19)17-11-2-5-15-16(8-11)21-7-6-20-15/h2-5,8-10,17-19H,6-7H2,1H3. The summed E-state index contributed by atoms with van der Waals surface area (Å²) in [6, 6.07) is 10.1. The van der Waals surface area contributed by atoms with Crippen molar-refractivity contribution >= 4 is 5.69 Å². The van der Waals surface area contributed by atoms with E-state index in [9.17, 15) is 10.2 Å². The molecular weight excluding hydrogens is 270 g/mol. The predicted molar refractivity (Wildman–Crippen MR) is 79.2 cm³/mol. The molecule has 5 heteroatoms. The van der Waals surface area contributed by atoms with Crippen LogP contribution in [0.5, 0.6) is 23.0 Å². The zero-order valence-electron chi connectivity index (χ0n) is 11.7. The summed E-state index contributed by atoms with van der Waals surface area (Å²) in [5, 5.41) is 22.5. The van der Waals surface area contributed by atoms with Crippen LogP contribution in [0, 0.1) is 0 Å². The van der Waals surface area contributed by atoms with Gasteiger partial charge in [0.2, 0.25) is 0 Å². The summed E-state index contributed by atoms with van der Waals surface area (Å²) in [7, 11) is 0. The van der Waals surface area contributed by atoms with Gasteiger partial charge in [0.05, 0.1) is 6.04 Å². The Morgan fingerprint density at radius 3 is 2.52 bits per heavy atom. The number of aromatic hydroxyl groups is 2. The number of phenolic OH excluding ortho intramolecular Hbond substituents is 2. The maximum atomic E-state index is 9.89. The summed E-state index contributed by atoms with van der Waals surface area (Å²) >= 11 is 0. The summed E-state index contributed by atoms with van der Waals surface area (Å²) in [5.41, 5.74) is 1.59. The van der Waals surface area contributed by atoms with Gasteiger partial charge in [-0.1, -0.05) is 0 Å². The van der Waals surface area contributed by atoms with Crippen LogP contribution in [0.4, 0.5) is 5.69 Å². The first-order chi connectivity index (χ1) is 10.1. The number of hydrogen-bond donors (Lipinski definition) is 3. The fourth-order valence-electron chi connectivity index (χ4n) is 2.36. The van der Waals surface area contributed by atoms with Crippen molar-refractivity contribution in [2.75, 3.05) is 18.5 Å². The number of phenols is 2. The third-order valence-electron chi connectivity index (χ3n) is 3.41. The van der Waals surface area contributed by atoms with E-state index in [1.54, 1.807) is 12.1 Å². The number of hydrogen-bond acceptors (Lipinski definition) is 5. The SMILES string of the molecule is CC(Nc1ccc2c(c1)OCCO2)c1ccc(O)cc1O. The van der Waals surface area contributed by atoms with Gasteiger partial charge in [-0.15, -0.1) is 0 Å². The second kappa shape index (κ2) is 5.44. The highest BCUT2D eigenvalue weighted by molar-refractivity contribution is 5.56. The van der Waals surface area contributed by atoms with E-state index < -0.39 is 0 Å². The Hall–Kier alpha value is -2.56. The van der Waals surface area contributed by atoms with Gasteiger partial charge in [0, 0.05) is 23.4 Å². The molecular formula is C16H17NO4. The fraction of sp³-hybridized carbons (Fsp3) is 0.250. The van der Waals surface area contributed by atoms with Crippen LogP contribution in [0.2, 0.25) is 0 Å². The minimum atomic E-state index is -0.117. The van der Waals surface area contributed by atoms with Gasteiger partial charge < -0.3 is 25.0 Å². The largest absolute Gasteiger partial charge is 0.508 e. The maximum absolute atomic E-state index is 9.89. The van der Waals surface area contributed by atoms with E-state index >= 15 is 0 Å². The third-order valence-corrected chi connectivity index (χ3v) is 3.41. The number of rotatable bonds is 3. The van der Waals surface area contributed by atoms with E-state index in [4.69, 9.17) is 9.47 Å². The Balaban J connectivity index is 1.79. The lowest BCUT2D eigenvalue weighted by Crippen LogP contribution is -2.15. The van der Waals surface area contributed by atoms with Crippen LogP contribution in [0.3, 0.4) is 0 Å². The van der Waals surface area contributed by atoms with Crippen molar-refractivity contribution < 1.29 is 19.7 Å². The Morgan fingerprint density at radius 1 is 1.00 bits per heavy atom. The molecule has 1 unspecified atom stereocenters. The average molecular weight is 287 g/mol. The Kier molecular flexibility index (Phi) is 3.48. The summed E-state index contributed by atoms with van der Waals surface area (Å²) in [6.07, 6.45) is 0. The van der Waals surface area contributed by atoms with Gasteiger partial charge in [0.1, 0.15) is 24.7 Å². The van der Waals surface area contributed by atoms with Crippen molar-refractivity contribution in [2.24, 2.45) is 0 Å². The molecule has 1 heterocycles. The first-order valence-electron chi connectivity index (χ1n) is 6.81. The van der Waals surface area contributed by atoms with Crippen molar-refractivity contribution in [3.63, 3.8) is 0 Å². The van der Waals surface area contributed by atoms with Gasteiger partial charge >= 0.3 is 0 Å². The van der Waals surface area contributed by atoms with E-state index in [1.807, 2.05) is 25.1 Å². The number of benzene rings is 2. The lowest BCUT2D eigenvalue weighted by Gasteiger charge is -2.21. The van der Waals surface area contributed by atoms with E-state index in [2.05, 4.69) is 5.32 Å². The van der Waals surface area contributed by atoms with E-state index in [-0.39, 0.29) is 17.5 Å². The summed E-state index contributed by atoms with van der Waals surface area (Å²) < 4.78 is 11.0. The molecule has 2 aromatic carbocycles. The van der Waals surface area contributed by atoms with Crippen LogP contribution in [-0.2, 0) is 0 Å². The zero-order valence-corrected chi connectivity index (χ0v) is 11.7. The van der Waals surface area contributed by atoms with E-state index in [0.29, 0.717) is 24.5 Å². The predicted octanol–water partition coefficient (Wildman–Crippen LogP) is 3.04. The van der Waals surface area contributed by atoms with E-state index in [1.165, 1.54) is 6.07 Å². The van der Waals surface area contributed by atoms with Crippen molar-refractivity contribution in [1.29, 1.82) is 0 Å². The molecule has 0 saturated carbocycles. The minimum Gasteiger partial charge on any atom is -0.508 e. The lowest BCUT2D eigenvalue weighted by atomic mass is 10.1. The second-order valence-corrected chi connectivity index (χ2v) is 4.97. The number of nitrogens with one attached hydrogen (secondary N) is 1. The Bertz CT molecular complexity index is 657. The molecule has 3 N–H and O–H groups in total. The topological polar surface area (TPSA) is 71.0 Å². The number of ether oxygens (including phenoxy) is 2. The number of anilines is 1. The molecule has 0 amide bonds. The molecule has 1 aliphatic rings. The van der Waals surface area contributed by atoms with Gasteiger partial charge in [-0.25, -0.2) is 0 Å². The lowest BCUT2D eigenvalue weighted by molar-refractivity contribution is 0.171. The van der Waals surface area contributed by atoms with Crippen molar-refractivity contribution in [2.45, 2.75) is 13.0 Å². The molecule has 0 spiro atoms. The van der Waals surface area contributed by atoms with E-state index in [0.717, 1.165) is 11.4 Å². The smallest absolute Gasteiger partial charge is 0.163 e. The van der Waals surface area contributed by atoms with Gasteiger partial charge in [-0.2, -0.15) is 0 Å². The molecule has 21 heavy (non-hydrogen) atoms. The molecule has 1 aliphatic heterocycles. The highest BCUT2D eigenvalue weighted by atomic mass is 16.6. The van der Waals surface area contributed by atoms with Crippen LogP contribution < -0.4 is 14.8 Å². The molecule has 0 radical (unpaired) electrons. The maximum Gasteiger partial charge on any atom is 0.163 e. The van der Waals surface area contributed by atoms with Crippen LogP contribution >= 0.6 is 0 Å². The molecule has 0 aliphatic carbocycles. The molecule has 110 valence electrons. The van der Waals surface area contributed by atoms with Gasteiger partial charge in [-0.05, 0) is 31.2 Å². The average Bonchev–Trinajstić information content (AvgIpc) is 2.47. The molecule has 2 aromatic rings. The molecule has 0 saturated heterocycles. The zero-order chi connectivity index (χ0) is 14.8. The van der Waals surface area contributed by atoms with Crippen molar-refractivity contribution in [3.05, 3.63) is 42.0 Å². The van der Waals surface area contributed by atoms with Crippen molar-refractivity contribution in [3.8, 4) is 23.0 Å². The molecule has 0 fully saturated rings. The molecule has 0 aromatic heterocycles. The molecule has 0 bridgehead atoms. The van der Waals surface area contributed by atoms with Gasteiger partial charge in [0.25, 0.3) is 0 Å². The normalized spacial score (nSPS) is 14.5. The molecule has 1 atom stereocenters. The highest BCUT2D eigenvalue weighted by Gasteiger charge is 2.14. The third kappa shape index (κ3) is 2.81. The molecule has 5 nitrogen and oxygen atoms in total. The first-order valence-corrected chi connectivity index (χ1v) is 6.81. The highest BCUT2D eigenvalue weighted by Crippen LogP contribution is 2.35. The quantitative estimate of drug-likeness (QED) is 0.809. The van der Waals surface area contributed by atoms with Gasteiger partial charge in [-0.3, -0.25) is 0 Å². The monoisotopic (exact) mass is 287 g/mol. The second-order valence-electron chi connectivity index (χ2n) is 4.97.